The molecule has 0 radical (unpaired) electrons. The van der Waals surface area contributed by atoms with Gasteiger partial charge >= 0.3 is 0 Å². The summed E-state index contributed by atoms with van der Waals surface area (Å²) < 4.78 is 5.08. The first-order valence-corrected chi connectivity index (χ1v) is 8.46. The van der Waals surface area contributed by atoms with Gasteiger partial charge in [0.25, 0.3) is 0 Å². The zero-order valence-corrected chi connectivity index (χ0v) is 15.0. The van der Waals surface area contributed by atoms with Crippen molar-refractivity contribution in [2.24, 2.45) is 5.92 Å². The van der Waals surface area contributed by atoms with Crippen LogP contribution in [0.1, 0.15) is 6.42 Å². The maximum atomic E-state index is 12.6. The molecule has 3 rings (SSSR count). The van der Waals surface area contributed by atoms with Gasteiger partial charge in [0.1, 0.15) is 11.7 Å². The number of methoxy groups -OCH3 is 1. The molecular formula is C18H16Cl2N2O3. The van der Waals surface area contributed by atoms with Crippen molar-refractivity contribution < 1.29 is 14.3 Å². The SMILES string of the molecule is COc1ccc(NC(=O)C2CCN(c3ccc(Cl)cc3)C2=O)cc1Cl. The number of carbonyl (C=O) groups excluding carboxylic acids is 2. The Morgan fingerprint density at radius 1 is 1.20 bits per heavy atom. The van der Waals surface area contributed by atoms with E-state index in [1.54, 1.807) is 47.4 Å². The third-order valence-corrected chi connectivity index (χ3v) is 4.63. The summed E-state index contributed by atoms with van der Waals surface area (Å²) in [6.45, 7) is 0.488. The molecule has 1 unspecified atom stereocenters. The van der Waals surface area contributed by atoms with E-state index in [-0.39, 0.29) is 11.8 Å². The van der Waals surface area contributed by atoms with Crippen molar-refractivity contribution in [3.63, 3.8) is 0 Å². The summed E-state index contributed by atoms with van der Waals surface area (Å²) in [5.41, 5.74) is 1.26. The number of carbonyl (C=O) groups is 2. The monoisotopic (exact) mass is 378 g/mol. The third kappa shape index (κ3) is 3.72. The normalized spacial score (nSPS) is 16.8. The number of hydrogen-bond acceptors (Lipinski definition) is 3. The minimum Gasteiger partial charge on any atom is -0.495 e. The van der Waals surface area contributed by atoms with E-state index in [9.17, 15) is 9.59 Å². The lowest BCUT2D eigenvalue weighted by Crippen LogP contribution is -2.33. The van der Waals surface area contributed by atoms with Gasteiger partial charge in [0.2, 0.25) is 11.8 Å². The second kappa shape index (κ2) is 7.33. The molecule has 2 aromatic carbocycles. The molecule has 2 aromatic rings. The zero-order chi connectivity index (χ0) is 18.0. The fourth-order valence-corrected chi connectivity index (χ4v) is 3.16. The van der Waals surface area contributed by atoms with Crippen molar-refractivity contribution in [1.82, 2.24) is 0 Å². The molecule has 1 heterocycles. The van der Waals surface area contributed by atoms with Gasteiger partial charge in [-0.2, -0.15) is 0 Å². The molecular weight excluding hydrogens is 363 g/mol. The Bertz CT molecular complexity index is 808. The molecule has 1 atom stereocenters. The Kier molecular flexibility index (Phi) is 5.16. The zero-order valence-electron chi connectivity index (χ0n) is 13.5. The summed E-state index contributed by atoms with van der Waals surface area (Å²) in [5, 5.41) is 3.73. The average molecular weight is 379 g/mol. The van der Waals surface area contributed by atoms with Gasteiger partial charge in [0.05, 0.1) is 12.1 Å². The average Bonchev–Trinajstić information content (AvgIpc) is 2.97. The van der Waals surface area contributed by atoms with Gasteiger partial charge in [-0.05, 0) is 48.9 Å². The molecule has 2 amide bonds. The van der Waals surface area contributed by atoms with Crippen molar-refractivity contribution in [2.75, 3.05) is 23.9 Å². The van der Waals surface area contributed by atoms with Crippen molar-refractivity contribution in [3.8, 4) is 5.75 Å². The minimum atomic E-state index is -0.725. The molecule has 1 aliphatic rings. The molecule has 5 nitrogen and oxygen atoms in total. The van der Waals surface area contributed by atoms with Gasteiger partial charge in [-0.3, -0.25) is 9.59 Å². The maximum Gasteiger partial charge on any atom is 0.239 e. The Labute approximate surface area is 155 Å². The smallest absolute Gasteiger partial charge is 0.239 e. The van der Waals surface area contributed by atoms with Crippen molar-refractivity contribution in [2.45, 2.75) is 6.42 Å². The number of halogens is 2. The molecule has 1 aliphatic heterocycles. The molecule has 1 N–H and O–H groups in total. The highest BCUT2D eigenvalue weighted by molar-refractivity contribution is 6.32. The first kappa shape index (κ1) is 17.6. The van der Waals surface area contributed by atoms with Crippen molar-refractivity contribution in [1.29, 1.82) is 0 Å². The van der Waals surface area contributed by atoms with Crippen LogP contribution in [0.3, 0.4) is 0 Å². The van der Waals surface area contributed by atoms with Gasteiger partial charge < -0.3 is 15.0 Å². The fourth-order valence-electron chi connectivity index (χ4n) is 2.77. The highest BCUT2D eigenvalue weighted by Gasteiger charge is 2.37. The van der Waals surface area contributed by atoms with Crippen LogP contribution in [0, 0.1) is 5.92 Å². The largest absolute Gasteiger partial charge is 0.495 e. The quantitative estimate of drug-likeness (QED) is 0.818. The first-order chi connectivity index (χ1) is 12.0. The summed E-state index contributed by atoms with van der Waals surface area (Å²) in [6, 6.07) is 11.9. The summed E-state index contributed by atoms with van der Waals surface area (Å²) in [6.07, 6.45) is 0.456. The molecule has 0 aliphatic carbocycles. The van der Waals surface area contributed by atoms with Gasteiger partial charge in [0, 0.05) is 22.9 Å². The molecule has 1 fully saturated rings. The van der Waals surface area contributed by atoms with E-state index in [1.807, 2.05) is 0 Å². The Balaban J connectivity index is 1.70. The van der Waals surface area contributed by atoms with Crippen LogP contribution in [0.25, 0.3) is 0 Å². The molecule has 0 bridgehead atoms. The molecule has 7 heteroatoms. The highest BCUT2D eigenvalue weighted by Crippen LogP contribution is 2.29. The van der Waals surface area contributed by atoms with Crippen LogP contribution in [-0.2, 0) is 9.59 Å². The number of benzene rings is 2. The van der Waals surface area contributed by atoms with Crippen LogP contribution in [0.4, 0.5) is 11.4 Å². The van der Waals surface area contributed by atoms with Crippen molar-refractivity contribution >= 4 is 46.4 Å². The second-order valence-corrected chi connectivity index (χ2v) is 6.49. The molecule has 0 aromatic heterocycles. The lowest BCUT2D eigenvalue weighted by Gasteiger charge is -2.17. The molecule has 0 saturated carbocycles. The second-order valence-electron chi connectivity index (χ2n) is 5.65. The fraction of sp³-hybridized carbons (Fsp3) is 0.222. The van der Waals surface area contributed by atoms with Gasteiger partial charge in [-0.1, -0.05) is 23.2 Å². The lowest BCUT2D eigenvalue weighted by molar-refractivity contribution is -0.129. The van der Waals surface area contributed by atoms with Gasteiger partial charge in [0.15, 0.2) is 0 Å². The van der Waals surface area contributed by atoms with E-state index >= 15 is 0 Å². The van der Waals surface area contributed by atoms with Gasteiger partial charge in [-0.15, -0.1) is 0 Å². The number of nitrogens with one attached hydrogen (secondary N) is 1. The number of ether oxygens (including phenoxy) is 1. The molecule has 0 spiro atoms. The summed E-state index contributed by atoms with van der Waals surface area (Å²) in [4.78, 5) is 26.6. The Hall–Kier alpha value is -2.24. The van der Waals surface area contributed by atoms with Crippen LogP contribution in [0.5, 0.6) is 5.75 Å². The summed E-state index contributed by atoms with van der Waals surface area (Å²) in [5.74, 6) is -0.774. The maximum absolute atomic E-state index is 12.6. The van der Waals surface area contributed by atoms with E-state index in [0.29, 0.717) is 34.4 Å². The van der Waals surface area contributed by atoms with Crippen LogP contribution in [0.15, 0.2) is 42.5 Å². The van der Waals surface area contributed by atoms with Crippen LogP contribution in [-0.4, -0.2) is 25.5 Å². The number of rotatable bonds is 4. The Morgan fingerprint density at radius 2 is 1.92 bits per heavy atom. The van der Waals surface area contributed by atoms with E-state index in [4.69, 9.17) is 27.9 Å². The molecule has 130 valence electrons. The topological polar surface area (TPSA) is 58.6 Å². The van der Waals surface area contributed by atoms with E-state index in [2.05, 4.69) is 5.32 Å². The first-order valence-electron chi connectivity index (χ1n) is 7.71. The highest BCUT2D eigenvalue weighted by atomic mass is 35.5. The van der Waals surface area contributed by atoms with E-state index in [0.717, 1.165) is 5.69 Å². The summed E-state index contributed by atoms with van der Waals surface area (Å²) in [7, 11) is 1.52. The van der Waals surface area contributed by atoms with E-state index < -0.39 is 5.92 Å². The molecule has 25 heavy (non-hydrogen) atoms. The van der Waals surface area contributed by atoms with Crippen molar-refractivity contribution in [3.05, 3.63) is 52.5 Å². The summed E-state index contributed by atoms with van der Waals surface area (Å²) >= 11 is 11.9. The molecule has 1 saturated heterocycles. The van der Waals surface area contributed by atoms with Gasteiger partial charge in [-0.25, -0.2) is 0 Å². The lowest BCUT2D eigenvalue weighted by atomic mass is 10.1. The van der Waals surface area contributed by atoms with Crippen LogP contribution >= 0.6 is 23.2 Å². The number of amides is 2. The number of hydrogen-bond donors (Lipinski definition) is 1. The standard InChI is InChI=1S/C18H16Cl2N2O3/c1-25-16-7-4-12(10-15(16)20)21-17(23)14-8-9-22(18(14)24)13-5-2-11(19)3-6-13/h2-7,10,14H,8-9H2,1H3,(H,21,23). The van der Waals surface area contributed by atoms with Crippen LogP contribution < -0.4 is 15.0 Å². The van der Waals surface area contributed by atoms with Crippen LogP contribution in [0.2, 0.25) is 10.0 Å². The minimum absolute atomic E-state index is 0.223. The number of nitrogens with zero attached hydrogens (tertiary/aromatic N) is 1. The third-order valence-electron chi connectivity index (χ3n) is 4.08. The Morgan fingerprint density at radius 3 is 2.56 bits per heavy atom. The predicted octanol–water partition coefficient (Wildman–Crippen LogP) is 3.99. The predicted molar refractivity (Wildman–Crippen MR) is 98.5 cm³/mol. The van der Waals surface area contributed by atoms with E-state index in [1.165, 1.54) is 7.11 Å². The number of anilines is 2.